The van der Waals surface area contributed by atoms with Crippen molar-refractivity contribution in [3.63, 3.8) is 0 Å². The minimum absolute atomic E-state index is 0.194. The summed E-state index contributed by atoms with van der Waals surface area (Å²) in [7, 11) is 0. The van der Waals surface area contributed by atoms with Gasteiger partial charge in [-0.2, -0.15) is 13.2 Å². The zero-order valence-corrected chi connectivity index (χ0v) is 11.5. The Bertz CT molecular complexity index is 473. The first-order valence-electron chi connectivity index (χ1n) is 6.87. The summed E-state index contributed by atoms with van der Waals surface area (Å²) < 4.78 is 51.0. The van der Waals surface area contributed by atoms with E-state index in [4.69, 9.17) is 0 Å². The third-order valence-electron chi connectivity index (χ3n) is 3.67. The molecular formula is C14H18F4N2O. The molecule has 0 aliphatic carbocycles. The zero-order chi connectivity index (χ0) is 15.5. The Hall–Kier alpha value is -1.34. The number of benzene rings is 1. The third-order valence-corrected chi connectivity index (χ3v) is 3.67. The minimum Gasteiger partial charge on any atom is -0.505 e. The van der Waals surface area contributed by atoms with Crippen LogP contribution in [0.4, 0.5) is 17.6 Å². The fourth-order valence-corrected chi connectivity index (χ4v) is 2.63. The van der Waals surface area contributed by atoms with E-state index in [0.29, 0.717) is 26.2 Å². The van der Waals surface area contributed by atoms with E-state index in [2.05, 4.69) is 5.32 Å². The van der Waals surface area contributed by atoms with Gasteiger partial charge in [0.15, 0.2) is 11.6 Å². The predicted molar refractivity (Wildman–Crippen MR) is 70.5 cm³/mol. The Morgan fingerprint density at radius 2 is 1.90 bits per heavy atom. The molecule has 0 amide bonds. The summed E-state index contributed by atoms with van der Waals surface area (Å²) >= 11 is 0. The molecule has 0 unspecified atom stereocenters. The molecule has 3 nitrogen and oxygen atoms in total. The molecule has 1 heterocycles. The Morgan fingerprint density at radius 3 is 2.52 bits per heavy atom. The van der Waals surface area contributed by atoms with Gasteiger partial charge in [0.05, 0.1) is 0 Å². The fourth-order valence-electron chi connectivity index (χ4n) is 2.63. The van der Waals surface area contributed by atoms with E-state index in [1.165, 1.54) is 12.1 Å². The number of piperazine rings is 1. The summed E-state index contributed by atoms with van der Waals surface area (Å²) in [6, 6.07) is 3.36. The topological polar surface area (TPSA) is 35.5 Å². The van der Waals surface area contributed by atoms with Crippen molar-refractivity contribution < 1.29 is 22.7 Å². The van der Waals surface area contributed by atoms with Crippen LogP contribution in [0, 0.1) is 5.82 Å². The van der Waals surface area contributed by atoms with Crippen LogP contribution in [0.5, 0.6) is 5.75 Å². The van der Waals surface area contributed by atoms with Crippen molar-refractivity contribution in [2.45, 2.75) is 25.1 Å². The molecule has 2 N–H and O–H groups in total. The summed E-state index contributed by atoms with van der Waals surface area (Å²) in [6.45, 7) is 2.47. The van der Waals surface area contributed by atoms with Crippen molar-refractivity contribution in [1.82, 2.24) is 10.2 Å². The van der Waals surface area contributed by atoms with E-state index in [1.807, 2.05) is 4.90 Å². The molecule has 7 heteroatoms. The van der Waals surface area contributed by atoms with E-state index >= 15 is 0 Å². The number of nitrogens with zero attached hydrogens (tertiary/aromatic N) is 1. The lowest BCUT2D eigenvalue weighted by Gasteiger charge is -2.35. The highest BCUT2D eigenvalue weighted by molar-refractivity contribution is 5.36. The lowest BCUT2D eigenvalue weighted by molar-refractivity contribution is -0.138. The largest absolute Gasteiger partial charge is 0.505 e. The number of hydrogen-bond donors (Lipinski definition) is 2. The molecule has 21 heavy (non-hydrogen) atoms. The van der Waals surface area contributed by atoms with Gasteiger partial charge in [-0.3, -0.25) is 4.90 Å². The number of nitrogens with one attached hydrogen (secondary N) is 1. The maximum absolute atomic E-state index is 13.5. The first-order chi connectivity index (χ1) is 9.88. The Balaban J connectivity index is 2.23. The average molecular weight is 306 g/mol. The number of para-hydroxylation sites is 1. The molecule has 1 saturated heterocycles. The van der Waals surface area contributed by atoms with Crippen molar-refractivity contribution in [3.05, 3.63) is 29.6 Å². The van der Waals surface area contributed by atoms with Crippen molar-refractivity contribution in [2.75, 3.05) is 26.2 Å². The predicted octanol–water partition coefficient (Wildman–Crippen LogP) is 2.82. The molecule has 1 aliphatic rings. The number of alkyl halides is 3. The SMILES string of the molecule is Oc1c(F)cccc1[C@H](CCC(F)(F)F)N1CCNCC1. The van der Waals surface area contributed by atoms with Crippen molar-refractivity contribution in [1.29, 1.82) is 0 Å². The van der Waals surface area contributed by atoms with Crippen LogP contribution < -0.4 is 5.32 Å². The second-order valence-corrected chi connectivity index (χ2v) is 5.13. The van der Waals surface area contributed by atoms with Crippen molar-refractivity contribution in [2.24, 2.45) is 0 Å². The Kier molecular flexibility index (Phi) is 5.05. The first kappa shape index (κ1) is 16.0. The number of phenols is 1. The maximum atomic E-state index is 13.5. The summed E-state index contributed by atoms with van der Waals surface area (Å²) in [6.07, 6.45) is -5.42. The van der Waals surface area contributed by atoms with Crippen LogP contribution in [0.2, 0.25) is 0 Å². The fraction of sp³-hybridized carbons (Fsp3) is 0.571. The molecule has 1 aliphatic heterocycles. The first-order valence-corrected chi connectivity index (χ1v) is 6.87. The van der Waals surface area contributed by atoms with E-state index in [9.17, 15) is 22.7 Å². The standard InChI is InChI=1S/C14H18F4N2O/c15-11-3-1-2-10(13(11)21)12(4-5-14(16,17)18)20-8-6-19-7-9-20/h1-3,12,19,21H,4-9H2/t12-/m0/s1. The summed E-state index contributed by atoms with van der Waals surface area (Å²) in [5.41, 5.74) is 0.223. The van der Waals surface area contributed by atoms with Gasteiger partial charge >= 0.3 is 6.18 Å². The lowest BCUT2D eigenvalue weighted by Crippen LogP contribution is -2.45. The third kappa shape index (κ3) is 4.31. The van der Waals surface area contributed by atoms with Crippen LogP contribution in [0.1, 0.15) is 24.4 Å². The van der Waals surface area contributed by atoms with E-state index in [1.54, 1.807) is 0 Å². The number of aromatic hydroxyl groups is 1. The van der Waals surface area contributed by atoms with Crippen LogP contribution in [0.3, 0.4) is 0 Å². The van der Waals surface area contributed by atoms with Crippen LogP contribution in [-0.4, -0.2) is 42.4 Å². The van der Waals surface area contributed by atoms with Crippen molar-refractivity contribution >= 4 is 0 Å². The van der Waals surface area contributed by atoms with Gasteiger partial charge in [0.1, 0.15) is 0 Å². The molecule has 1 aromatic carbocycles. The number of hydrogen-bond acceptors (Lipinski definition) is 3. The summed E-state index contributed by atoms with van der Waals surface area (Å²) in [5.74, 6) is -1.36. The van der Waals surface area contributed by atoms with Gasteiger partial charge in [-0.25, -0.2) is 4.39 Å². The summed E-state index contributed by atoms with van der Waals surface area (Å²) in [4.78, 5) is 1.86. The van der Waals surface area contributed by atoms with Crippen LogP contribution >= 0.6 is 0 Å². The normalized spacial score (nSPS) is 18.7. The molecule has 0 radical (unpaired) electrons. The number of phenolic OH excluding ortho intramolecular Hbond substituents is 1. The molecule has 0 bridgehead atoms. The van der Waals surface area contributed by atoms with E-state index in [0.717, 1.165) is 6.07 Å². The highest BCUT2D eigenvalue weighted by Crippen LogP contribution is 2.36. The van der Waals surface area contributed by atoms with Crippen molar-refractivity contribution in [3.8, 4) is 5.75 Å². The molecule has 0 aromatic heterocycles. The van der Waals surface area contributed by atoms with Gasteiger partial charge in [-0.05, 0) is 12.5 Å². The van der Waals surface area contributed by atoms with Gasteiger partial charge in [0.2, 0.25) is 0 Å². The molecule has 1 aromatic rings. The quantitative estimate of drug-likeness (QED) is 0.840. The van der Waals surface area contributed by atoms with E-state index in [-0.39, 0.29) is 12.0 Å². The Morgan fingerprint density at radius 1 is 1.24 bits per heavy atom. The van der Waals surface area contributed by atoms with Crippen LogP contribution in [0.25, 0.3) is 0 Å². The second-order valence-electron chi connectivity index (χ2n) is 5.13. The maximum Gasteiger partial charge on any atom is 0.389 e. The summed E-state index contributed by atoms with van der Waals surface area (Å²) in [5, 5.41) is 12.9. The van der Waals surface area contributed by atoms with E-state index < -0.39 is 30.2 Å². The second kappa shape index (κ2) is 6.62. The van der Waals surface area contributed by atoms with Gasteiger partial charge in [-0.15, -0.1) is 0 Å². The van der Waals surface area contributed by atoms with Crippen LogP contribution in [0.15, 0.2) is 18.2 Å². The molecule has 1 fully saturated rings. The molecule has 1 atom stereocenters. The molecule has 118 valence electrons. The monoisotopic (exact) mass is 306 g/mol. The van der Waals surface area contributed by atoms with Crippen LogP contribution in [-0.2, 0) is 0 Å². The van der Waals surface area contributed by atoms with Gasteiger partial charge in [0.25, 0.3) is 0 Å². The highest BCUT2D eigenvalue weighted by atomic mass is 19.4. The smallest absolute Gasteiger partial charge is 0.389 e. The molecule has 0 saturated carbocycles. The van der Waals surface area contributed by atoms with Gasteiger partial charge in [0, 0.05) is 44.2 Å². The van der Waals surface area contributed by atoms with Gasteiger partial charge < -0.3 is 10.4 Å². The lowest BCUT2D eigenvalue weighted by atomic mass is 9.98. The zero-order valence-electron chi connectivity index (χ0n) is 11.5. The number of rotatable bonds is 4. The Labute approximate surface area is 120 Å². The highest BCUT2D eigenvalue weighted by Gasteiger charge is 2.32. The number of halogens is 4. The minimum atomic E-state index is -4.27. The molecule has 2 rings (SSSR count). The molecule has 0 spiro atoms. The molecular weight excluding hydrogens is 288 g/mol. The van der Waals surface area contributed by atoms with Gasteiger partial charge in [-0.1, -0.05) is 12.1 Å². The average Bonchev–Trinajstić information content (AvgIpc) is 2.43.